The average molecular weight is 554 g/mol. The van der Waals surface area contributed by atoms with Gasteiger partial charge in [-0.25, -0.2) is 4.79 Å². The van der Waals surface area contributed by atoms with Crippen molar-refractivity contribution in [3.63, 3.8) is 0 Å². The predicted octanol–water partition coefficient (Wildman–Crippen LogP) is 5.94. The van der Waals surface area contributed by atoms with E-state index in [-0.39, 0.29) is 23.6 Å². The molecule has 0 aromatic heterocycles. The maximum Gasteiger partial charge on any atom is 0.336 e. The van der Waals surface area contributed by atoms with E-state index in [1.807, 2.05) is 44.2 Å². The molecule has 2 aromatic rings. The standard InChI is InChI=1S/C29H32BrNO5/c1-5-35-23-14-19(13-20(30)27(23)33)25-24(28(34)36-12-11-18-9-7-6-8-10-18)17(2)31-21-15-29(3,4)16-22(32)26(21)25/h6-10,13-14,25,31,33H,5,11-12,15-16H2,1-4H3/t25-/m0/s1. The van der Waals surface area contributed by atoms with Crippen molar-refractivity contribution in [3.05, 3.63) is 80.6 Å². The van der Waals surface area contributed by atoms with Crippen molar-refractivity contribution in [2.75, 3.05) is 13.2 Å². The minimum Gasteiger partial charge on any atom is -0.503 e. The van der Waals surface area contributed by atoms with Gasteiger partial charge in [-0.1, -0.05) is 44.2 Å². The van der Waals surface area contributed by atoms with E-state index in [0.717, 1.165) is 11.3 Å². The summed E-state index contributed by atoms with van der Waals surface area (Å²) < 4.78 is 11.8. The molecule has 36 heavy (non-hydrogen) atoms. The number of Topliss-reactive ketones (excluding diaryl/α,β-unsaturated/α-hetero) is 1. The van der Waals surface area contributed by atoms with Gasteiger partial charge in [0, 0.05) is 35.7 Å². The van der Waals surface area contributed by atoms with Gasteiger partial charge in [0.1, 0.15) is 0 Å². The monoisotopic (exact) mass is 553 g/mol. The Hall–Kier alpha value is -3.06. The zero-order valence-electron chi connectivity index (χ0n) is 21.1. The van der Waals surface area contributed by atoms with Gasteiger partial charge < -0.3 is 19.9 Å². The molecule has 2 N–H and O–H groups in total. The van der Waals surface area contributed by atoms with E-state index < -0.39 is 11.9 Å². The lowest BCUT2D eigenvalue weighted by atomic mass is 9.68. The molecular weight excluding hydrogens is 522 g/mol. The molecule has 0 amide bonds. The first kappa shape index (κ1) is 26.0. The maximum atomic E-state index is 13.5. The highest BCUT2D eigenvalue weighted by atomic mass is 79.9. The molecule has 0 saturated heterocycles. The van der Waals surface area contributed by atoms with E-state index >= 15 is 0 Å². The lowest BCUT2D eigenvalue weighted by Crippen LogP contribution is -2.38. The maximum absolute atomic E-state index is 13.5. The number of rotatable bonds is 7. The second-order valence-corrected chi connectivity index (χ2v) is 10.9. The Morgan fingerprint density at radius 3 is 2.61 bits per heavy atom. The van der Waals surface area contributed by atoms with Gasteiger partial charge in [0.15, 0.2) is 17.3 Å². The molecule has 2 aromatic carbocycles. The predicted molar refractivity (Wildman–Crippen MR) is 142 cm³/mol. The second kappa shape index (κ2) is 10.5. The Bertz CT molecular complexity index is 1250. The summed E-state index contributed by atoms with van der Waals surface area (Å²) in [4.78, 5) is 27.0. The third-order valence-electron chi connectivity index (χ3n) is 6.61. The van der Waals surface area contributed by atoms with Crippen LogP contribution in [0.1, 0.15) is 57.6 Å². The zero-order chi connectivity index (χ0) is 26.0. The molecule has 190 valence electrons. The molecule has 0 saturated carbocycles. The average Bonchev–Trinajstić information content (AvgIpc) is 2.81. The van der Waals surface area contributed by atoms with Crippen LogP contribution in [0.25, 0.3) is 0 Å². The van der Waals surface area contributed by atoms with Gasteiger partial charge in [0.2, 0.25) is 0 Å². The molecule has 1 atom stereocenters. The highest BCUT2D eigenvalue weighted by molar-refractivity contribution is 9.10. The molecule has 1 heterocycles. The Morgan fingerprint density at radius 2 is 1.92 bits per heavy atom. The van der Waals surface area contributed by atoms with Crippen molar-refractivity contribution in [3.8, 4) is 11.5 Å². The van der Waals surface area contributed by atoms with Crippen LogP contribution in [0.15, 0.2) is 69.5 Å². The third kappa shape index (κ3) is 5.36. The van der Waals surface area contributed by atoms with Crippen LogP contribution in [-0.4, -0.2) is 30.1 Å². The fraction of sp³-hybridized carbons (Fsp3) is 0.379. The fourth-order valence-corrected chi connectivity index (χ4v) is 5.51. The van der Waals surface area contributed by atoms with E-state index in [2.05, 4.69) is 35.1 Å². The Labute approximate surface area is 220 Å². The number of carbonyl (C=O) groups is 2. The Kier molecular flexibility index (Phi) is 7.59. The van der Waals surface area contributed by atoms with Crippen molar-refractivity contribution < 1.29 is 24.2 Å². The van der Waals surface area contributed by atoms with Crippen LogP contribution in [0.5, 0.6) is 11.5 Å². The summed E-state index contributed by atoms with van der Waals surface area (Å²) in [5, 5.41) is 13.8. The van der Waals surface area contributed by atoms with Gasteiger partial charge in [-0.2, -0.15) is 0 Å². The van der Waals surface area contributed by atoms with Crippen molar-refractivity contribution in [2.24, 2.45) is 5.41 Å². The number of hydrogen-bond acceptors (Lipinski definition) is 6. The lowest BCUT2D eigenvalue weighted by molar-refractivity contribution is -0.139. The number of phenols is 1. The normalized spacial score (nSPS) is 19.0. The number of carbonyl (C=O) groups excluding carboxylic acids is 2. The van der Waals surface area contributed by atoms with Crippen LogP contribution in [-0.2, 0) is 20.7 Å². The molecule has 2 aliphatic rings. The SMILES string of the molecule is CCOc1cc([C@H]2C(C(=O)OCCc3ccccc3)=C(C)NC3=C2C(=O)CC(C)(C)C3)cc(Br)c1O. The molecule has 4 rings (SSSR count). The highest BCUT2D eigenvalue weighted by Gasteiger charge is 2.43. The number of hydrogen-bond donors (Lipinski definition) is 2. The number of halogens is 1. The molecule has 0 unspecified atom stereocenters. The molecular formula is C29H32BrNO5. The number of benzene rings is 2. The van der Waals surface area contributed by atoms with Gasteiger partial charge in [-0.15, -0.1) is 0 Å². The number of nitrogens with one attached hydrogen (secondary N) is 1. The summed E-state index contributed by atoms with van der Waals surface area (Å²) in [7, 11) is 0. The van der Waals surface area contributed by atoms with Crippen molar-refractivity contribution in [2.45, 2.75) is 52.9 Å². The van der Waals surface area contributed by atoms with E-state index in [0.29, 0.717) is 58.5 Å². The lowest BCUT2D eigenvalue weighted by Gasteiger charge is -2.39. The summed E-state index contributed by atoms with van der Waals surface area (Å²) in [6.45, 7) is 8.40. The molecule has 6 nitrogen and oxygen atoms in total. The first-order chi connectivity index (χ1) is 17.1. The number of phenolic OH excluding ortho intramolecular Hbond substituents is 1. The van der Waals surface area contributed by atoms with Crippen molar-refractivity contribution >= 4 is 27.7 Å². The second-order valence-electron chi connectivity index (χ2n) is 10.1. The topological polar surface area (TPSA) is 84.9 Å². The van der Waals surface area contributed by atoms with E-state index in [9.17, 15) is 14.7 Å². The summed E-state index contributed by atoms with van der Waals surface area (Å²) in [6, 6.07) is 13.3. The van der Waals surface area contributed by atoms with Gasteiger partial charge in [-0.3, -0.25) is 4.79 Å². The summed E-state index contributed by atoms with van der Waals surface area (Å²) in [5.41, 5.74) is 4.04. The number of dihydropyridines is 1. The molecule has 0 radical (unpaired) electrons. The van der Waals surface area contributed by atoms with E-state index in [1.54, 1.807) is 12.1 Å². The largest absolute Gasteiger partial charge is 0.503 e. The Morgan fingerprint density at radius 1 is 1.19 bits per heavy atom. The van der Waals surface area contributed by atoms with Crippen LogP contribution < -0.4 is 10.1 Å². The van der Waals surface area contributed by atoms with E-state index in [4.69, 9.17) is 9.47 Å². The highest BCUT2D eigenvalue weighted by Crippen LogP contribution is 2.49. The van der Waals surface area contributed by atoms with Gasteiger partial charge in [0.05, 0.1) is 23.3 Å². The van der Waals surface area contributed by atoms with Crippen LogP contribution in [0.3, 0.4) is 0 Å². The molecule has 7 heteroatoms. The summed E-state index contributed by atoms with van der Waals surface area (Å²) >= 11 is 3.42. The molecule has 0 bridgehead atoms. The smallest absolute Gasteiger partial charge is 0.336 e. The van der Waals surface area contributed by atoms with Crippen LogP contribution >= 0.6 is 15.9 Å². The zero-order valence-corrected chi connectivity index (χ0v) is 22.7. The van der Waals surface area contributed by atoms with Crippen LogP contribution in [0, 0.1) is 5.41 Å². The molecule has 0 spiro atoms. The van der Waals surface area contributed by atoms with Crippen molar-refractivity contribution in [1.82, 2.24) is 5.32 Å². The van der Waals surface area contributed by atoms with Gasteiger partial charge >= 0.3 is 5.97 Å². The van der Waals surface area contributed by atoms with Crippen molar-refractivity contribution in [1.29, 1.82) is 0 Å². The third-order valence-corrected chi connectivity index (χ3v) is 7.21. The fourth-order valence-electron chi connectivity index (χ4n) is 5.05. The first-order valence-electron chi connectivity index (χ1n) is 12.2. The van der Waals surface area contributed by atoms with Gasteiger partial charge in [-0.05, 0) is 64.9 Å². The minimum absolute atomic E-state index is 0.00277. The minimum atomic E-state index is -0.634. The number of allylic oxidation sites excluding steroid dienone is 3. The molecule has 1 aliphatic heterocycles. The van der Waals surface area contributed by atoms with Gasteiger partial charge in [0.25, 0.3) is 0 Å². The van der Waals surface area contributed by atoms with Crippen LogP contribution in [0.2, 0.25) is 0 Å². The van der Waals surface area contributed by atoms with E-state index in [1.165, 1.54) is 0 Å². The summed E-state index contributed by atoms with van der Waals surface area (Å²) in [5.74, 6) is -0.825. The number of aromatic hydroxyl groups is 1. The number of ketones is 1. The molecule has 1 aliphatic carbocycles. The number of ether oxygens (including phenoxy) is 2. The summed E-state index contributed by atoms with van der Waals surface area (Å²) in [6.07, 6.45) is 1.67. The number of esters is 1. The van der Waals surface area contributed by atoms with Crippen LogP contribution in [0.4, 0.5) is 0 Å². The quantitative estimate of drug-likeness (QED) is 0.412. The molecule has 0 fully saturated rings. The first-order valence-corrected chi connectivity index (χ1v) is 13.0. The Balaban J connectivity index is 1.74.